The van der Waals surface area contributed by atoms with Crippen molar-refractivity contribution < 1.29 is 18.8 Å². The highest BCUT2D eigenvalue weighted by Gasteiger charge is 2.26. The van der Waals surface area contributed by atoms with Crippen LogP contribution in [0.4, 0.5) is 4.39 Å². The van der Waals surface area contributed by atoms with Gasteiger partial charge in [0.2, 0.25) is 17.7 Å². The standard InChI is InChI=1S/C17H21FN4O3/c1-10(9-19)7-14(16(20)24)22-17(25)15(21-11(2)23)8-12-3-5-13(18)6-4-12/h3-6,10,14-15H,7-8H2,1-2H3,(H2,20,24)(H,21,23)(H,22,25)/t10-,14-,15-/m0/s1. The third kappa shape index (κ3) is 6.99. The first kappa shape index (κ1) is 20.1. The molecular formula is C17H21FN4O3. The van der Waals surface area contributed by atoms with E-state index < -0.39 is 41.5 Å². The SMILES string of the molecule is CC(=O)N[C@@H](Cc1ccc(F)cc1)C(=O)N[C@@H](C[C@H](C)C#N)C(N)=O. The zero-order valence-electron chi connectivity index (χ0n) is 14.1. The highest BCUT2D eigenvalue weighted by atomic mass is 19.1. The third-order valence-corrected chi connectivity index (χ3v) is 3.52. The minimum absolute atomic E-state index is 0.0704. The Hall–Kier alpha value is -2.95. The van der Waals surface area contributed by atoms with E-state index in [2.05, 4.69) is 10.6 Å². The first-order chi connectivity index (χ1) is 11.7. The van der Waals surface area contributed by atoms with Gasteiger partial charge in [-0.25, -0.2) is 4.39 Å². The van der Waals surface area contributed by atoms with Gasteiger partial charge in [0.05, 0.1) is 6.07 Å². The first-order valence-corrected chi connectivity index (χ1v) is 7.73. The van der Waals surface area contributed by atoms with Gasteiger partial charge in [0.25, 0.3) is 0 Å². The number of amides is 3. The number of benzene rings is 1. The van der Waals surface area contributed by atoms with Crippen molar-refractivity contribution in [1.29, 1.82) is 5.26 Å². The average Bonchev–Trinajstić information content (AvgIpc) is 2.54. The Balaban J connectivity index is 2.87. The highest BCUT2D eigenvalue weighted by Crippen LogP contribution is 2.08. The summed E-state index contributed by atoms with van der Waals surface area (Å²) in [5.41, 5.74) is 5.90. The van der Waals surface area contributed by atoms with Gasteiger partial charge in [0.15, 0.2) is 0 Å². The van der Waals surface area contributed by atoms with Crippen LogP contribution >= 0.6 is 0 Å². The van der Waals surface area contributed by atoms with Gasteiger partial charge in [-0.1, -0.05) is 12.1 Å². The van der Waals surface area contributed by atoms with Gasteiger partial charge in [0.1, 0.15) is 17.9 Å². The van der Waals surface area contributed by atoms with Crippen LogP contribution < -0.4 is 16.4 Å². The predicted octanol–water partition coefficient (Wildman–Crippen LogP) is 0.393. The van der Waals surface area contributed by atoms with E-state index in [9.17, 15) is 18.8 Å². The van der Waals surface area contributed by atoms with Crippen molar-refractivity contribution in [3.8, 4) is 6.07 Å². The number of primary amides is 1. The molecule has 0 saturated heterocycles. The molecule has 0 aromatic heterocycles. The molecule has 1 aromatic rings. The Morgan fingerprint density at radius 3 is 2.28 bits per heavy atom. The van der Waals surface area contributed by atoms with Crippen LogP contribution in [0.5, 0.6) is 0 Å². The highest BCUT2D eigenvalue weighted by molar-refractivity contribution is 5.91. The van der Waals surface area contributed by atoms with E-state index in [0.717, 1.165) is 0 Å². The number of carbonyl (C=O) groups is 3. The normalized spacial score (nSPS) is 13.8. The van der Waals surface area contributed by atoms with Gasteiger partial charge in [0, 0.05) is 19.3 Å². The van der Waals surface area contributed by atoms with E-state index >= 15 is 0 Å². The van der Waals surface area contributed by atoms with Crippen molar-refractivity contribution in [3.05, 3.63) is 35.6 Å². The molecule has 1 rings (SSSR count). The van der Waals surface area contributed by atoms with E-state index in [4.69, 9.17) is 11.0 Å². The summed E-state index contributed by atoms with van der Waals surface area (Å²) in [6, 6.07) is 5.49. The molecule has 3 amide bonds. The van der Waals surface area contributed by atoms with Gasteiger partial charge < -0.3 is 16.4 Å². The molecule has 0 aliphatic rings. The van der Waals surface area contributed by atoms with E-state index in [1.165, 1.54) is 31.2 Å². The van der Waals surface area contributed by atoms with Crippen LogP contribution in [-0.4, -0.2) is 29.8 Å². The monoisotopic (exact) mass is 348 g/mol. The van der Waals surface area contributed by atoms with Crippen LogP contribution in [0.2, 0.25) is 0 Å². The van der Waals surface area contributed by atoms with Crippen molar-refractivity contribution >= 4 is 17.7 Å². The maximum Gasteiger partial charge on any atom is 0.243 e. The van der Waals surface area contributed by atoms with Crippen molar-refractivity contribution in [2.75, 3.05) is 0 Å². The summed E-state index contributed by atoms with van der Waals surface area (Å²) in [5, 5.41) is 13.8. The Kier molecular flexibility index (Phi) is 7.53. The molecule has 0 radical (unpaired) electrons. The van der Waals surface area contributed by atoms with Crippen LogP contribution in [0.1, 0.15) is 25.8 Å². The minimum atomic E-state index is -1.02. The van der Waals surface area contributed by atoms with E-state index in [1.54, 1.807) is 6.92 Å². The zero-order chi connectivity index (χ0) is 19.0. The Morgan fingerprint density at radius 1 is 1.20 bits per heavy atom. The molecule has 0 aliphatic carbocycles. The van der Waals surface area contributed by atoms with Crippen LogP contribution in [0.25, 0.3) is 0 Å². The predicted molar refractivity (Wildman–Crippen MR) is 88.2 cm³/mol. The molecule has 8 heteroatoms. The van der Waals surface area contributed by atoms with E-state index in [1.807, 2.05) is 6.07 Å². The van der Waals surface area contributed by atoms with Crippen LogP contribution in [0.3, 0.4) is 0 Å². The maximum atomic E-state index is 13.0. The van der Waals surface area contributed by atoms with Crippen molar-refractivity contribution in [1.82, 2.24) is 10.6 Å². The van der Waals surface area contributed by atoms with Gasteiger partial charge in [-0.05, 0) is 31.0 Å². The van der Waals surface area contributed by atoms with Crippen molar-refractivity contribution in [2.24, 2.45) is 11.7 Å². The zero-order valence-corrected chi connectivity index (χ0v) is 14.1. The number of nitrogens with one attached hydrogen (secondary N) is 2. The lowest BCUT2D eigenvalue weighted by molar-refractivity contribution is -0.131. The second-order valence-corrected chi connectivity index (χ2v) is 5.81. The van der Waals surface area contributed by atoms with Gasteiger partial charge in [-0.15, -0.1) is 0 Å². The van der Waals surface area contributed by atoms with Gasteiger partial charge in [-0.3, -0.25) is 14.4 Å². The summed E-state index contributed by atoms with van der Waals surface area (Å²) in [6.45, 7) is 2.86. The lowest BCUT2D eigenvalue weighted by atomic mass is 10.0. The van der Waals surface area contributed by atoms with Crippen LogP contribution in [0.15, 0.2) is 24.3 Å². The van der Waals surface area contributed by atoms with Gasteiger partial charge in [-0.2, -0.15) is 5.26 Å². The van der Waals surface area contributed by atoms with E-state index in [0.29, 0.717) is 5.56 Å². The molecule has 3 atom stereocenters. The molecule has 1 aromatic carbocycles. The van der Waals surface area contributed by atoms with Crippen molar-refractivity contribution in [3.63, 3.8) is 0 Å². The lowest BCUT2D eigenvalue weighted by Gasteiger charge is -2.22. The number of halogens is 1. The Labute approximate surface area is 145 Å². The molecule has 25 heavy (non-hydrogen) atoms. The number of carbonyl (C=O) groups excluding carboxylic acids is 3. The largest absolute Gasteiger partial charge is 0.368 e. The fourth-order valence-corrected chi connectivity index (χ4v) is 2.24. The third-order valence-electron chi connectivity index (χ3n) is 3.52. The molecule has 134 valence electrons. The summed E-state index contributed by atoms with van der Waals surface area (Å²) < 4.78 is 13.0. The maximum absolute atomic E-state index is 13.0. The second-order valence-electron chi connectivity index (χ2n) is 5.81. The van der Waals surface area contributed by atoms with Crippen LogP contribution in [-0.2, 0) is 20.8 Å². The quantitative estimate of drug-likeness (QED) is 0.628. The average molecular weight is 348 g/mol. The van der Waals surface area contributed by atoms with Gasteiger partial charge >= 0.3 is 0 Å². The molecule has 0 aliphatic heterocycles. The van der Waals surface area contributed by atoms with Crippen LogP contribution in [0, 0.1) is 23.1 Å². The fourth-order valence-electron chi connectivity index (χ4n) is 2.24. The number of nitrogens with zero attached hydrogens (tertiary/aromatic N) is 1. The number of hydrogen-bond acceptors (Lipinski definition) is 4. The number of nitrogens with two attached hydrogens (primary N) is 1. The minimum Gasteiger partial charge on any atom is -0.368 e. The first-order valence-electron chi connectivity index (χ1n) is 7.73. The molecule has 0 spiro atoms. The summed E-state index contributed by atoms with van der Waals surface area (Å²) in [6.07, 6.45) is 0.186. The summed E-state index contributed by atoms with van der Waals surface area (Å²) in [4.78, 5) is 35.3. The Morgan fingerprint density at radius 2 is 1.80 bits per heavy atom. The van der Waals surface area contributed by atoms with Crippen molar-refractivity contribution in [2.45, 2.75) is 38.8 Å². The second kappa shape index (κ2) is 9.37. The Bertz CT molecular complexity index is 669. The molecule has 0 fully saturated rings. The molecule has 0 bridgehead atoms. The number of nitriles is 1. The van der Waals surface area contributed by atoms with E-state index in [-0.39, 0.29) is 12.8 Å². The molecule has 0 unspecified atom stereocenters. The lowest BCUT2D eigenvalue weighted by Crippen LogP contribution is -2.53. The number of hydrogen-bond donors (Lipinski definition) is 3. The molecule has 4 N–H and O–H groups in total. The summed E-state index contributed by atoms with van der Waals surface area (Å²) in [7, 11) is 0. The fraction of sp³-hybridized carbons (Fsp3) is 0.412. The molecular weight excluding hydrogens is 327 g/mol. The smallest absolute Gasteiger partial charge is 0.243 e. The topological polar surface area (TPSA) is 125 Å². The summed E-state index contributed by atoms with van der Waals surface area (Å²) >= 11 is 0. The molecule has 7 nitrogen and oxygen atoms in total. The molecule has 0 saturated carbocycles. The molecule has 0 heterocycles. The number of rotatable bonds is 8. The summed E-state index contributed by atoms with van der Waals surface area (Å²) in [5.74, 6) is -2.69.